The standard InChI is InChI=1S/C6H5Br2FN2S.C2H6/c7-2-1-3(9)4(8)6(12-11)5(2)10;1-2/h1H,10-11H2;1-2H3. The van der Waals surface area contributed by atoms with Gasteiger partial charge in [-0.25, -0.2) is 4.39 Å². The van der Waals surface area contributed by atoms with Crippen LogP contribution in [0.1, 0.15) is 13.8 Å². The molecule has 1 aromatic carbocycles. The molecular formula is C8H11Br2FN2S. The van der Waals surface area contributed by atoms with E-state index in [1.165, 1.54) is 6.07 Å². The van der Waals surface area contributed by atoms with Gasteiger partial charge in [0.1, 0.15) is 5.82 Å². The van der Waals surface area contributed by atoms with Gasteiger partial charge in [0.25, 0.3) is 0 Å². The maximum Gasteiger partial charge on any atom is 0.139 e. The SMILES string of the molecule is CC.NSc1c(N)c(Br)cc(F)c1Br. The van der Waals surface area contributed by atoms with Gasteiger partial charge in [-0.05, 0) is 49.9 Å². The van der Waals surface area contributed by atoms with Crippen LogP contribution in [0, 0.1) is 5.82 Å². The van der Waals surface area contributed by atoms with Crippen molar-refractivity contribution >= 4 is 49.5 Å². The molecule has 0 bridgehead atoms. The van der Waals surface area contributed by atoms with Crippen LogP contribution in [0.2, 0.25) is 0 Å². The fourth-order valence-electron chi connectivity index (χ4n) is 0.703. The Labute approximate surface area is 104 Å². The number of nitrogens with two attached hydrogens (primary N) is 2. The highest BCUT2D eigenvalue weighted by Gasteiger charge is 2.12. The van der Waals surface area contributed by atoms with E-state index in [1.807, 2.05) is 13.8 Å². The molecular weight excluding hydrogens is 335 g/mol. The number of benzene rings is 1. The third-order valence-corrected chi connectivity index (χ3v) is 3.64. The lowest BCUT2D eigenvalue weighted by Crippen LogP contribution is -1.95. The molecule has 0 saturated heterocycles. The van der Waals surface area contributed by atoms with Gasteiger partial charge in [-0.15, -0.1) is 0 Å². The summed E-state index contributed by atoms with van der Waals surface area (Å²) < 4.78 is 13.8. The Morgan fingerprint density at radius 2 is 1.86 bits per heavy atom. The minimum atomic E-state index is -0.385. The van der Waals surface area contributed by atoms with Crippen LogP contribution < -0.4 is 10.9 Å². The van der Waals surface area contributed by atoms with Crippen LogP contribution in [-0.4, -0.2) is 0 Å². The minimum Gasteiger partial charge on any atom is -0.397 e. The zero-order valence-corrected chi connectivity index (χ0v) is 11.8. The molecule has 0 heterocycles. The summed E-state index contributed by atoms with van der Waals surface area (Å²) in [6.07, 6.45) is 0. The van der Waals surface area contributed by atoms with Gasteiger partial charge >= 0.3 is 0 Å². The molecule has 0 aliphatic heterocycles. The van der Waals surface area contributed by atoms with Crippen molar-refractivity contribution < 1.29 is 4.39 Å². The number of rotatable bonds is 1. The number of nitrogen functional groups attached to an aromatic ring is 1. The summed E-state index contributed by atoms with van der Waals surface area (Å²) in [6, 6.07) is 1.29. The highest BCUT2D eigenvalue weighted by atomic mass is 79.9. The van der Waals surface area contributed by atoms with Crippen molar-refractivity contribution in [3.63, 3.8) is 0 Å². The fourth-order valence-corrected chi connectivity index (χ4v) is 2.28. The van der Waals surface area contributed by atoms with E-state index in [4.69, 9.17) is 10.9 Å². The second-order valence-corrected chi connectivity index (χ2v) is 4.31. The van der Waals surface area contributed by atoms with E-state index >= 15 is 0 Å². The first kappa shape index (κ1) is 14.2. The predicted molar refractivity (Wildman–Crippen MR) is 67.6 cm³/mol. The Morgan fingerprint density at radius 3 is 2.29 bits per heavy atom. The molecule has 0 fully saturated rings. The largest absolute Gasteiger partial charge is 0.397 e. The maximum atomic E-state index is 13.0. The van der Waals surface area contributed by atoms with Crippen LogP contribution in [0.4, 0.5) is 10.1 Å². The molecule has 14 heavy (non-hydrogen) atoms. The number of hydrogen-bond donors (Lipinski definition) is 2. The molecule has 1 aromatic rings. The summed E-state index contributed by atoms with van der Waals surface area (Å²) in [4.78, 5) is 0.502. The fraction of sp³-hybridized carbons (Fsp3) is 0.250. The van der Waals surface area contributed by atoms with Gasteiger partial charge in [-0.2, -0.15) is 0 Å². The first-order chi connectivity index (χ1) is 6.57. The van der Waals surface area contributed by atoms with Gasteiger partial charge in [-0.3, -0.25) is 5.14 Å². The topological polar surface area (TPSA) is 52.0 Å². The van der Waals surface area contributed by atoms with Crippen LogP contribution in [0.3, 0.4) is 0 Å². The average molecular weight is 346 g/mol. The van der Waals surface area contributed by atoms with Gasteiger partial charge in [0.2, 0.25) is 0 Å². The molecule has 80 valence electrons. The van der Waals surface area contributed by atoms with Crippen molar-refractivity contribution in [2.75, 3.05) is 5.73 Å². The van der Waals surface area contributed by atoms with E-state index in [1.54, 1.807) is 0 Å². The first-order valence-corrected chi connectivity index (χ1v) is 6.34. The molecule has 0 spiro atoms. The van der Waals surface area contributed by atoms with Gasteiger partial charge in [-0.1, -0.05) is 13.8 Å². The van der Waals surface area contributed by atoms with E-state index in [9.17, 15) is 4.39 Å². The van der Waals surface area contributed by atoms with E-state index in [0.717, 1.165) is 11.9 Å². The van der Waals surface area contributed by atoms with Crippen LogP contribution in [0.5, 0.6) is 0 Å². The van der Waals surface area contributed by atoms with Crippen molar-refractivity contribution in [2.24, 2.45) is 5.14 Å². The summed E-state index contributed by atoms with van der Waals surface area (Å²) >= 11 is 7.07. The van der Waals surface area contributed by atoms with E-state index in [2.05, 4.69) is 31.9 Å². The lowest BCUT2D eigenvalue weighted by atomic mass is 10.3. The maximum absolute atomic E-state index is 13.0. The third kappa shape index (κ3) is 3.12. The summed E-state index contributed by atoms with van der Waals surface area (Å²) in [5.74, 6) is -0.385. The van der Waals surface area contributed by atoms with Crippen LogP contribution >= 0.6 is 43.8 Å². The molecule has 0 radical (unpaired) electrons. The zero-order valence-electron chi connectivity index (χ0n) is 7.77. The van der Waals surface area contributed by atoms with Crippen molar-refractivity contribution in [3.05, 3.63) is 20.8 Å². The Hall–Kier alpha value is 0.220. The zero-order chi connectivity index (χ0) is 11.3. The van der Waals surface area contributed by atoms with Crippen molar-refractivity contribution in [2.45, 2.75) is 18.7 Å². The number of halogens is 3. The van der Waals surface area contributed by atoms with Crippen LogP contribution in [-0.2, 0) is 0 Å². The molecule has 0 aromatic heterocycles. The smallest absolute Gasteiger partial charge is 0.139 e. The average Bonchev–Trinajstić information content (AvgIpc) is 2.19. The predicted octanol–water partition coefficient (Wildman–Crippen LogP) is 3.92. The lowest BCUT2D eigenvalue weighted by Gasteiger charge is -2.07. The summed E-state index contributed by atoms with van der Waals surface area (Å²) in [5.41, 5.74) is 6.06. The minimum absolute atomic E-state index is 0.302. The molecule has 6 heteroatoms. The Morgan fingerprint density at radius 1 is 1.36 bits per heavy atom. The highest BCUT2D eigenvalue weighted by molar-refractivity contribution is 9.11. The quantitative estimate of drug-likeness (QED) is 0.460. The number of hydrogen-bond acceptors (Lipinski definition) is 3. The van der Waals surface area contributed by atoms with Gasteiger partial charge in [0, 0.05) is 4.47 Å². The summed E-state index contributed by atoms with van der Waals surface area (Å²) in [7, 11) is 0. The van der Waals surface area contributed by atoms with Gasteiger partial charge in [0.15, 0.2) is 0 Å². The molecule has 2 nitrogen and oxygen atoms in total. The molecule has 1 rings (SSSR count). The van der Waals surface area contributed by atoms with Crippen LogP contribution in [0.25, 0.3) is 0 Å². The van der Waals surface area contributed by atoms with Crippen molar-refractivity contribution in [3.8, 4) is 0 Å². The van der Waals surface area contributed by atoms with Gasteiger partial charge in [0.05, 0.1) is 15.1 Å². The normalized spacial score (nSPS) is 9.29. The molecule has 0 aliphatic carbocycles. The highest BCUT2D eigenvalue weighted by Crippen LogP contribution is 2.36. The van der Waals surface area contributed by atoms with E-state index < -0.39 is 0 Å². The van der Waals surface area contributed by atoms with Gasteiger partial charge < -0.3 is 5.73 Å². The molecule has 0 unspecified atom stereocenters. The first-order valence-electron chi connectivity index (χ1n) is 3.87. The van der Waals surface area contributed by atoms with Crippen molar-refractivity contribution in [1.82, 2.24) is 0 Å². The molecule has 4 N–H and O–H groups in total. The monoisotopic (exact) mass is 344 g/mol. The van der Waals surface area contributed by atoms with E-state index in [-0.39, 0.29) is 5.82 Å². The second kappa shape index (κ2) is 6.66. The number of anilines is 1. The lowest BCUT2D eigenvalue weighted by molar-refractivity contribution is 0.616. The molecule has 0 saturated carbocycles. The summed E-state index contributed by atoms with van der Waals surface area (Å²) in [5, 5.41) is 5.31. The third-order valence-electron chi connectivity index (χ3n) is 1.28. The van der Waals surface area contributed by atoms with E-state index in [0.29, 0.717) is 19.5 Å². The van der Waals surface area contributed by atoms with Crippen LogP contribution in [0.15, 0.2) is 19.9 Å². The Bertz CT molecular complexity index is 294. The summed E-state index contributed by atoms with van der Waals surface area (Å²) in [6.45, 7) is 4.00. The molecule has 0 aliphatic rings. The second-order valence-electron chi connectivity index (χ2n) is 2.01. The molecule has 0 amide bonds. The molecule has 0 atom stereocenters. The van der Waals surface area contributed by atoms with Crippen molar-refractivity contribution in [1.29, 1.82) is 0 Å². The Kier molecular flexibility index (Phi) is 6.76. The Balaban J connectivity index is 0.000000791.